The van der Waals surface area contributed by atoms with Crippen LogP contribution in [0.1, 0.15) is 11.1 Å². The van der Waals surface area contributed by atoms with Crippen LogP contribution in [0.2, 0.25) is 0 Å². The van der Waals surface area contributed by atoms with Crippen molar-refractivity contribution in [2.45, 2.75) is 24.8 Å². The molecule has 0 aliphatic carbocycles. The number of hydrogen-bond donors (Lipinski definition) is 1. The number of para-hydroxylation sites is 1. The fourth-order valence-corrected chi connectivity index (χ4v) is 5.21. The molecule has 2 amide bonds. The van der Waals surface area contributed by atoms with E-state index < -0.39 is 17.4 Å². The summed E-state index contributed by atoms with van der Waals surface area (Å²) < 4.78 is 17.0. The zero-order valence-electron chi connectivity index (χ0n) is 18.1. The first-order valence-electron chi connectivity index (χ1n) is 10.7. The third-order valence-electron chi connectivity index (χ3n) is 6.64. The molecule has 2 saturated heterocycles. The molecule has 0 saturated carbocycles. The second kappa shape index (κ2) is 7.98. The van der Waals surface area contributed by atoms with Gasteiger partial charge in [-0.05, 0) is 11.6 Å². The predicted octanol–water partition coefficient (Wildman–Crippen LogP) is 2.30. The first kappa shape index (κ1) is 20.6. The number of ether oxygens (including phenoxy) is 3. The maximum absolute atomic E-state index is 13.3. The van der Waals surface area contributed by atoms with Crippen LogP contribution in [0, 0.1) is 11.8 Å². The second-order valence-electron chi connectivity index (χ2n) is 8.45. The van der Waals surface area contributed by atoms with Gasteiger partial charge in [0.05, 0.1) is 38.7 Å². The summed E-state index contributed by atoms with van der Waals surface area (Å²) in [5, 5.41) is 2.99. The summed E-state index contributed by atoms with van der Waals surface area (Å²) in [5.74, 6) is -0.0853. The van der Waals surface area contributed by atoms with Gasteiger partial charge in [-0.25, -0.2) is 0 Å². The minimum absolute atomic E-state index is 0.0280. The monoisotopic (exact) mass is 434 g/mol. The van der Waals surface area contributed by atoms with Crippen LogP contribution in [0.25, 0.3) is 0 Å². The van der Waals surface area contributed by atoms with Gasteiger partial charge in [-0.1, -0.05) is 54.6 Å². The number of amides is 2. The lowest BCUT2D eigenvalue weighted by molar-refractivity contribution is -0.137. The summed E-state index contributed by atoms with van der Waals surface area (Å²) in [6.45, 7) is 1.24. The van der Waals surface area contributed by atoms with Gasteiger partial charge in [0.1, 0.15) is 5.60 Å². The van der Waals surface area contributed by atoms with Crippen molar-refractivity contribution in [3.8, 4) is 11.5 Å². The van der Waals surface area contributed by atoms with Crippen molar-refractivity contribution in [2.24, 2.45) is 11.8 Å². The number of rotatable bonds is 7. The van der Waals surface area contributed by atoms with Gasteiger partial charge in [0.15, 0.2) is 11.5 Å². The summed E-state index contributed by atoms with van der Waals surface area (Å²) in [7, 11) is 3.14. The van der Waals surface area contributed by atoms with Crippen LogP contribution in [0.3, 0.4) is 0 Å². The second-order valence-corrected chi connectivity index (χ2v) is 8.45. The predicted molar refractivity (Wildman–Crippen MR) is 117 cm³/mol. The first-order chi connectivity index (χ1) is 15.6. The van der Waals surface area contributed by atoms with Gasteiger partial charge in [0.25, 0.3) is 0 Å². The van der Waals surface area contributed by atoms with E-state index in [1.807, 2.05) is 54.6 Å². The standard InChI is InChI=1S/C25H26N2O5/c1-30-19-10-6-9-17(22(19)31-2)13-26-23(28)20-18-11-12-25(32-18)15-27(24(29)21(20)25)14-16-7-4-3-5-8-16/h3-12,18,20-21H,13-15H2,1-2H3,(H,26,28). The molecule has 3 aliphatic heterocycles. The zero-order chi connectivity index (χ0) is 22.3. The topological polar surface area (TPSA) is 77.1 Å². The lowest BCUT2D eigenvalue weighted by atomic mass is 9.77. The van der Waals surface area contributed by atoms with Gasteiger partial charge in [0, 0.05) is 18.7 Å². The molecular formula is C25H26N2O5. The Labute approximate surface area is 186 Å². The van der Waals surface area contributed by atoms with E-state index in [2.05, 4.69) is 5.32 Å². The number of fused-ring (bicyclic) bond motifs is 1. The van der Waals surface area contributed by atoms with Crippen LogP contribution >= 0.6 is 0 Å². The average molecular weight is 434 g/mol. The molecule has 1 spiro atoms. The number of carbonyl (C=O) groups is 2. The van der Waals surface area contributed by atoms with Crippen molar-refractivity contribution in [3.63, 3.8) is 0 Å². The number of hydrogen-bond acceptors (Lipinski definition) is 5. The lowest BCUT2D eigenvalue weighted by Crippen LogP contribution is -2.43. The Hall–Kier alpha value is -3.32. The maximum Gasteiger partial charge on any atom is 0.230 e. The summed E-state index contributed by atoms with van der Waals surface area (Å²) in [6, 6.07) is 15.4. The van der Waals surface area contributed by atoms with Crippen LogP contribution in [0.15, 0.2) is 60.7 Å². The van der Waals surface area contributed by atoms with E-state index in [-0.39, 0.29) is 24.5 Å². The van der Waals surface area contributed by atoms with E-state index in [1.165, 1.54) is 0 Å². The molecule has 3 aliphatic rings. The van der Waals surface area contributed by atoms with E-state index in [0.717, 1.165) is 11.1 Å². The molecule has 5 rings (SSSR count). The Morgan fingerprint density at radius 3 is 2.72 bits per heavy atom. The molecule has 4 atom stereocenters. The van der Waals surface area contributed by atoms with Crippen LogP contribution in [0.5, 0.6) is 11.5 Å². The van der Waals surface area contributed by atoms with Crippen molar-refractivity contribution >= 4 is 11.8 Å². The number of nitrogens with one attached hydrogen (secondary N) is 1. The molecule has 2 aromatic carbocycles. The molecule has 0 aromatic heterocycles. The number of carbonyl (C=O) groups excluding carboxylic acids is 2. The summed E-state index contributed by atoms with van der Waals surface area (Å²) in [4.78, 5) is 28.4. The van der Waals surface area contributed by atoms with Crippen molar-refractivity contribution in [1.82, 2.24) is 10.2 Å². The summed E-state index contributed by atoms with van der Waals surface area (Å²) in [5.41, 5.74) is 1.14. The normalized spacial score (nSPS) is 27.5. The van der Waals surface area contributed by atoms with E-state index in [0.29, 0.717) is 24.6 Å². The number of nitrogens with zero attached hydrogens (tertiary/aromatic N) is 1. The molecule has 7 nitrogen and oxygen atoms in total. The highest BCUT2D eigenvalue weighted by Gasteiger charge is 2.66. The van der Waals surface area contributed by atoms with Gasteiger partial charge in [-0.15, -0.1) is 0 Å². The molecule has 2 fully saturated rings. The summed E-state index contributed by atoms with van der Waals surface area (Å²) in [6.07, 6.45) is 3.52. The van der Waals surface area contributed by atoms with Crippen molar-refractivity contribution in [3.05, 3.63) is 71.8 Å². The Kier molecular flexibility index (Phi) is 5.13. The minimum atomic E-state index is -0.716. The van der Waals surface area contributed by atoms with E-state index >= 15 is 0 Å². The number of methoxy groups -OCH3 is 2. The number of likely N-dealkylation sites (tertiary alicyclic amines) is 1. The van der Waals surface area contributed by atoms with Gasteiger partial charge in [0.2, 0.25) is 11.8 Å². The fraction of sp³-hybridized carbons (Fsp3) is 0.360. The van der Waals surface area contributed by atoms with Gasteiger partial charge < -0.3 is 24.4 Å². The molecular weight excluding hydrogens is 408 g/mol. The third-order valence-corrected chi connectivity index (χ3v) is 6.64. The minimum Gasteiger partial charge on any atom is -0.493 e. The van der Waals surface area contributed by atoms with E-state index in [9.17, 15) is 9.59 Å². The Balaban J connectivity index is 1.32. The number of benzene rings is 2. The molecule has 4 unspecified atom stereocenters. The van der Waals surface area contributed by atoms with Crippen LogP contribution in [-0.4, -0.2) is 49.2 Å². The van der Waals surface area contributed by atoms with Gasteiger partial charge in [-0.3, -0.25) is 9.59 Å². The van der Waals surface area contributed by atoms with Crippen molar-refractivity contribution in [2.75, 3.05) is 20.8 Å². The molecule has 3 heterocycles. The quantitative estimate of drug-likeness (QED) is 0.677. The van der Waals surface area contributed by atoms with Crippen LogP contribution in [-0.2, 0) is 27.4 Å². The fourth-order valence-electron chi connectivity index (χ4n) is 5.21. The Bertz CT molecular complexity index is 1070. The summed E-state index contributed by atoms with van der Waals surface area (Å²) >= 11 is 0. The first-order valence-corrected chi connectivity index (χ1v) is 10.7. The Morgan fingerprint density at radius 2 is 1.97 bits per heavy atom. The van der Waals surface area contributed by atoms with Crippen molar-refractivity contribution < 1.29 is 23.8 Å². The zero-order valence-corrected chi connectivity index (χ0v) is 18.1. The maximum atomic E-state index is 13.3. The molecule has 166 valence electrons. The largest absolute Gasteiger partial charge is 0.493 e. The van der Waals surface area contributed by atoms with Gasteiger partial charge in [-0.2, -0.15) is 0 Å². The van der Waals surface area contributed by atoms with Crippen LogP contribution < -0.4 is 14.8 Å². The van der Waals surface area contributed by atoms with Gasteiger partial charge >= 0.3 is 0 Å². The molecule has 0 radical (unpaired) electrons. The molecule has 32 heavy (non-hydrogen) atoms. The third kappa shape index (κ3) is 3.24. The molecule has 2 aromatic rings. The highest BCUT2D eigenvalue weighted by atomic mass is 16.5. The SMILES string of the molecule is COc1cccc(CNC(=O)C2C3C=CC4(CN(Cc5ccccc5)C(=O)C24)O3)c1OC. The molecule has 7 heteroatoms. The smallest absolute Gasteiger partial charge is 0.230 e. The highest BCUT2D eigenvalue weighted by Crippen LogP contribution is 2.52. The van der Waals surface area contributed by atoms with E-state index in [1.54, 1.807) is 25.2 Å². The van der Waals surface area contributed by atoms with Crippen LogP contribution in [0.4, 0.5) is 0 Å². The van der Waals surface area contributed by atoms with E-state index in [4.69, 9.17) is 14.2 Å². The Morgan fingerprint density at radius 1 is 1.16 bits per heavy atom. The highest BCUT2D eigenvalue weighted by molar-refractivity contribution is 5.93. The van der Waals surface area contributed by atoms with Crippen molar-refractivity contribution in [1.29, 1.82) is 0 Å². The molecule has 2 bridgehead atoms. The lowest BCUT2D eigenvalue weighted by Gasteiger charge is -2.23. The molecule has 1 N–H and O–H groups in total. The average Bonchev–Trinajstić information content (AvgIpc) is 3.46.